The number of aromatic nitrogens is 3. The van der Waals surface area contributed by atoms with Gasteiger partial charge in [0.15, 0.2) is 3.95 Å². The van der Waals surface area contributed by atoms with Gasteiger partial charge in [0.2, 0.25) is 0 Å². The Hall–Kier alpha value is -1.14. The van der Waals surface area contributed by atoms with Crippen LogP contribution in [0.1, 0.15) is 0 Å². The fourth-order valence-electron chi connectivity index (χ4n) is 0.882. The zero-order valence-corrected chi connectivity index (χ0v) is 7.95. The molecule has 6 heteroatoms. The van der Waals surface area contributed by atoms with E-state index in [2.05, 4.69) is 15.2 Å². The SMILES string of the molecule is Fc1cncc(-c2n[nH]c(=S)s2)c1. The average Bonchev–Trinajstić information content (AvgIpc) is 2.52. The van der Waals surface area contributed by atoms with Gasteiger partial charge in [0.05, 0.1) is 6.20 Å². The van der Waals surface area contributed by atoms with Gasteiger partial charge in [0.1, 0.15) is 10.8 Å². The summed E-state index contributed by atoms with van der Waals surface area (Å²) < 4.78 is 13.3. The summed E-state index contributed by atoms with van der Waals surface area (Å²) in [4.78, 5) is 3.71. The predicted molar refractivity (Wildman–Crippen MR) is 50.5 cm³/mol. The Bertz CT molecular complexity index is 476. The van der Waals surface area contributed by atoms with Gasteiger partial charge in [-0.2, -0.15) is 5.10 Å². The molecule has 2 rings (SSSR count). The Labute approximate surface area is 82.3 Å². The minimum atomic E-state index is -0.376. The van der Waals surface area contributed by atoms with Crippen LogP contribution in [0.5, 0.6) is 0 Å². The summed E-state index contributed by atoms with van der Waals surface area (Å²) in [7, 11) is 0. The molecule has 0 aromatic carbocycles. The molecule has 0 bridgehead atoms. The summed E-state index contributed by atoms with van der Waals surface area (Å²) in [5.74, 6) is -0.376. The van der Waals surface area contributed by atoms with Crippen LogP contribution in [-0.4, -0.2) is 15.2 Å². The van der Waals surface area contributed by atoms with Crippen molar-refractivity contribution in [3.63, 3.8) is 0 Å². The van der Waals surface area contributed by atoms with Crippen molar-refractivity contribution >= 4 is 23.6 Å². The molecular formula is C7H4FN3S2. The first kappa shape index (κ1) is 8.46. The van der Waals surface area contributed by atoms with Crippen molar-refractivity contribution < 1.29 is 4.39 Å². The normalized spacial score (nSPS) is 10.2. The molecule has 0 saturated carbocycles. The van der Waals surface area contributed by atoms with E-state index in [1.807, 2.05) is 0 Å². The average molecular weight is 213 g/mol. The molecule has 0 spiro atoms. The summed E-state index contributed by atoms with van der Waals surface area (Å²) in [6.45, 7) is 0. The first-order chi connectivity index (χ1) is 6.25. The highest BCUT2D eigenvalue weighted by molar-refractivity contribution is 7.73. The molecule has 0 fully saturated rings. The maximum Gasteiger partial charge on any atom is 0.176 e. The van der Waals surface area contributed by atoms with Crippen molar-refractivity contribution in [3.05, 3.63) is 28.2 Å². The van der Waals surface area contributed by atoms with Gasteiger partial charge < -0.3 is 0 Å². The summed E-state index contributed by atoms with van der Waals surface area (Å²) in [5.41, 5.74) is 0.636. The van der Waals surface area contributed by atoms with Crippen LogP contribution >= 0.6 is 23.6 Å². The minimum absolute atomic E-state index is 0.376. The number of H-pyrrole nitrogens is 1. The molecule has 0 amide bonds. The van der Waals surface area contributed by atoms with Crippen LogP contribution in [-0.2, 0) is 0 Å². The lowest BCUT2D eigenvalue weighted by molar-refractivity contribution is 0.622. The smallest absolute Gasteiger partial charge is 0.176 e. The number of aromatic amines is 1. The van der Waals surface area contributed by atoms with Gasteiger partial charge in [-0.3, -0.25) is 10.1 Å². The van der Waals surface area contributed by atoms with E-state index in [0.717, 1.165) is 6.20 Å². The molecule has 0 unspecified atom stereocenters. The summed E-state index contributed by atoms with van der Waals surface area (Å²) in [5, 5.41) is 7.18. The van der Waals surface area contributed by atoms with Crippen molar-refractivity contribution in [2.75, 3.05) is 0 Å². The summed E-state index contributed by atoms with van der Waals surface area (Å²) >= 11 is 6.14. The third kappa shape index (κ3) is 1.78. The number of rotatable bonds is 1. The van der Waals surface area contributed by atoms with Crippen molar-refractivity contribution in [2.24, 2.45) is 0 Å². The second kappa shape index (κ2) is 3.31. The van der Waals surface area contributed by atoms with E-state index in [1.165, 1.54) is 17.4 Å². The number of nitrogens with one attached hydrogen (secondary N) is 1. The molecule has 0 aliphatic rings. The molecule has 0 aliphatic carbocycles. The maximum absolute atomic E-state index is 12.7. The number of hydrogen-bond donors (Lipinski definition) is 1. The van der Waals surface area contributed by atoms with Gasteiger partial charge in [-0.05, 0) is 18.3 Å². The molecule has 13 heavy (non-hydrogen) atoms. The minimum Gasteiger partial charge on any atom is -0.261 e. The molecule has 2 heterocycles. The van der Waals surface area contributed by atoms with Crippen LogP contribution in [0, 0.1) is 9.77 Å². The van der Waals surface area contributed by atoms with Crippen LogP contribution in [0.4, 0.5) is 4.39 Å². The number of nitrogens with zero attached hydrogens (tertiary/aromatic N) is 2. The Kier molecular flexibility index (Phi) is 2.15. The van der Waals surface area contributed by atoms with Gasteiger partial charge in [0, 0.05) is 11.8 Å². The molecule has 1 N–H and O–H groups in total. The Morgan fingerprint density at radius 2 is 2.31 bits per heavy atom. The first-order valence-electron chi connectivity index (χ1n) is 3.42. The van der Waals surface area contributed by atoms with Gasteiger partial charge in [-0.25, -0.2) is 4.39 Å². The van der Waals surface area contributed by atoms with Crippen LogP contribution in [0.25, 0.3) is 10.6 Å². The Morgan fingerprint density at radius 1 is 1.46 bits per heavy atom. The zero-order valence-electron chi connectivity index (χ0n) is 6.32. The number of hydrogen-bond acceptors (Lipinski definition) is 4. The van der Waals surface area contributed by atoms with E-state index in [-0.39, 0.29) is 5.82 Å². The van der Waals surface area contributed by atoms with Gasteiger partial charge >= 0.3 is 0 Å². The fourth-order valence-corrected chi connectivity index (χ4v) is 1.75. The van der Waals surface area contributed by atoms with Crippen LogP contribution < -0.4 is 0 Å². The van der Waals surface area contributed by atoms with Gasteiger partial charge in [-0.15, -0.1) is 0 Å². The predicted octanol–water partition coefficient (Wildman–Crippen LogP) is 2.40. The van der Waals surface area contributed by atoms with Crippen molar-refractivity contribution in [3.8, 4) is 10.6 Å². The number of pyridine rings is 1. The zero-order chi connectivity index (χ0) is 9.26. The highest BCUT2D eigenvalue weighted by Gasteiger charge is 2.02. The van der Waals surface area contributed by atoms with E-state index >= 15 is 0 Å². The van der Waals surface area contributed by atoms with E-state index in [9.17, 15) is 4.39 Å². The molecule has 0 radical (unpaired) electrons. The van der Waals surface area contributed by atoms with E-state index in [4.69, 9.17) is 12.2 Å². The highest BCUT2D eigenvalue weighted by Crippen LogP contribution is 2.20. The largest absolute Gasteiger partial charge is 0.261 e. The van der Waals surface area contributed by atoms with Crippen LogP contribution in [0.3, 0.4) is 0 Å². The summed E-state index contributed by atoms with van der Waals surface area (Å²) in [6.07, 6.45) is 2.69. The monoisotopic (exact) mass is 213 g/mol. The Balaban J connectivity index is 2.52. The van der Waals surface area contributed by atoms with Gasteiger partial charge in [0.25, 0.3) is 0 Å². The molecule has 3 nitrogen and oxygen atoms in total. The molecule has 0 saturated heterocycles. The Morgan fingerprint density at radius 3 is 2.92 bits per heavy atom. The lowest BCUT2D eigenvalue weighted by atomic mass is 10.3. The lowest BCUT2D eigenvalue weighted by Crippen LogP contribution is -1.81. The molecule has 2 aromatic rings. The highest BCUT2D eigenvalue weighted by atomic mass is 32.1. The second-order valence-electron chi connectivity index (χ2n) is 2.31. The fraction of sp³-hybridized carbons (Fsp3) is 0. The molecule has 2 aromatic heterocycles. The molecular weight excluding hydrogens is 209 g/mol. The third-order valence-electron chi connectivity index (χ3n) is 1.39. The van der Waals surface area contributed by atoms with E-state index in [1.54, 1.807) is 6.20 Å². The topological polar surface area (TPSA) is 41.6 Å². The quantitative estimate of drug-likeness (QED) is 0.739. The van der Waals surface area contributed by atoms with Gasteiger partial charge in [-0.1, -0.05) is 11.3 Å². The van der Waals surface area contributed by atoms with Crippen molar-refractivity contribution in [2.45, 2.75) is 0 Å². The first-order valence-corrected chi connectivity index (χ1v) is 4.64. The molecule has 66 valence electrons. The van der Waals surface area contributed by atoms with E-state index in [0.29, 0.717) is 14.5 Å². The maximum atomic E-state index is 12.7. The third-order valence-corrected chi connectivity index (χ3v) is 2.53. The van der Waals surface area contributed by atoms with Crippen molar-refractivity contribution in [1.29, 1.82) is 0 Å². The van der Waals surface area contributed by atoms with Crippen LogP contribution in [0.2, 0.25) is 0 Å². The molecule has 0 atom stereocenters. The van der Waals surface area contributed by atoms with Crippen LogP contribution in [0.15, 0.2) is 18.5 Å². The number of halogens is 1. The second-order valence-corrected chi connectivity index (χ2v) is 3.98. The van der Waals surface area contributed by atoms with E-state index < -0.39 is 0 Å². The standard InChI is InChI=1S/C7H4FN3S2/c8-5-1-4(2-9-3-5)6-10-11-7(12)13-6/h1-3H,(H,11,12). The summed E-state index contributed by atoms with van der Waals surface area (Å²) in [6, 6.07) is 1.37. The van der Waals surface area contributed by atoms with Crippen molar-refractivity contribution in [1.82, 2.24) is 15.2 Å². The molecule has 0 aliphatic heterocycles. The lowest BCUT2D eigenvalue weighted by Gasteiger charge is -1.92.